The number of hydrogen-bond donors (Lipinski definition) is 2. The van der Waals surface area contributed by atoms with Gasteiger partial charge in [0.15, 0.2) is 5.96 Å². The Balaban J connectivity index is 2.08. The molecule has 21 heavy (non-hydrogen) atoms. The molecular weight excluding hydrogens is 406 g/mol. The number of nitrogens with one attached hydrogen (secondary N) is 1. The largest absolute Gasteiger partial charge is 0.370 e. The van der Waals surface area contributed by atoms with Gasteiger partial charge in [-0.3, -0.25) is 14.3 Å². The van der Waals surface area contributed by atoms with Crippen molar-refractivity contribution in [2.45, 2.75) is 24.4 Å². The Morgan fingerprint density at radius 3 is 3.00 bits per heavy atom. The van der Waals surface area contributed by atoms with Gasteiger partial charge in [-0.25, -0.2) is 0 Å². The number of hydrogen-bond acceptors (Lipinski definition) is 5. The second-order valence-electron chi connectivity index (χ2n) is 5.35. The molecule has 112 valence electrons. The van der Waals surface area contributed by atoms with Crippen LogP contribution in [0.2, 0.25) is 0 Å². The molecule has 1 saturated heterocycles. The van der Waals surface area contributed by atoms with Crippen LogP contribution in [0.15, 0.2) is 20.1 Å². The molecule has 0 aromatic carbocycles. The van der Waals surface area contributed by atoms with Gasteiger partial charge in [-0.15, -0.1) is 0 Å². The molecule has 1 aromatic rings. The highest BCUT2D eigenvalue weighted by molar-refractivity contribution is 9.13. The second-order valence-corrected chi connectivity index (χ2v) is 6.96. The molecule has 0 aliphatic carbocycles. The highest BCUT2D eigenvalue weighted by atomic mass is 79.9. The third kappa shape index (κ3) is 1.33. The molecule has 0 unspecified atom stereocenters. The molecule has 1 aromatic heterocycles. The summed E-state index contributed by atoms with van der Waals surface area (Å²) in [7, 11) is 1.61. The molecule has 3 aliphatic heterocycles. The van der Waals surface area contributed by atoms with Crippen molar-refractivity contribution in [1.82, 2.24) is 14.8 Å². The Kier molecular flexibility index (Phi) is 2.60. The number of carbonyl (C=O) groups excluding carboxylic acids is 1. The quantitative estimate of drug-likeness (QED) is 0.715. The Morgan fingerprint density at radius 2 is 2.29 bits per heavy atom. The Bertz CT molecular complexity index is 702. The van der Waals surface area contributed by atoms with Gasteiger partial charge in [0.25, 0.3) is 11.7 Å². The monoisotopic (exact) mass is 417 g/mol. The van der Waals surface area contributed by atoms with E-state index in [2.05, 4.69) is 42.2 Å². The van der Waals surface area contributed by atoms with Crippen LogP contribution in [-0.4, -0.2) is 40.7 Å². The molecule has 7 nitrogen and oxygen atoms in total. The topological polar surface area (TPSA) is 84.9 Å². The van der Waals surface area contributed by atoms with E-state index in [-0.39, 0.29) is 11.9 Å². The second kappa shape index (κ2) is 4.02. The molecule has 3 aliphatic rings. The number of carbonyl (C=O) groups is 1. The van der Waals surface area contributed by atoms with Crippen LogP contribution in [0.25, 0.3) is 0 Å². The summed E-state index contributed by atoms with van der Waals surface area (Å²) in [5.41, 5.74) is 5.66. The molecule has 0 bridgehead atoms. The van der Waals surface area contributed by atoms with Crippen molar-refractivity contribution < 1.29 is 9.53 Å². The average molecular weight is 419 g/mol. The Morgan fingerprint density at radius 1 is 1.52 bits per heavy atom. The maximum absolute atomic E-state index is 12.8. The fourth-order valence-electron chi connectivity index (χ4n) is 3.67. The standard InChI is InChI=1S/C12H13Br2N5O2/c1-21-11-3-2-4-18-9(20)7-5-6(13)8(14)19(7)12(11,18)17-10(15)16-11/h5H,2-4H2,1H3,(H3,15,16,17)/t11-,12+/m0/s1. The molecule has 4 rings (SSSR count). The first-order chi connectivity index (χ1) is 9.97. The van der Waals surface area contributed by atoms with Crippen molar-refractivity contribution in [3.8, 4) is 0 Å². The zero-order valence-corrected chi connectivity index (χ0v) is 14.4. The van der Waals surface area contributed by atoms with E-state index in [9.17, 15) is 4.79 Å². The van der Waals surface area contributed by atoms with Gasteiger partial charge in [-0.1, -0.05) is 0 Å². The van der Waals surface area contributed by atoms with Crippen LogP contribution < -0.4 is 11.1 Å². The van der Waals surface area contributed by atoms with Gasteiger partial charge in [0.05, 0.1) is 4.47 Å². The number of nitrogens with two attached hydrogens (primary N) is 1. The van der Waals surface area contributed by atoms with Crippen molar-refractivity contribution >= 4 is 43.7 Å². The number of fused-ring (bicyclic) bond motifs is 1. The van der Waals surface area contributed by atoms with E-state index in [1.807, 2.05) is 4.57 Å². The number of halogens is 2. The van der Waals surface area contributed by atoms with Crippen molar-refractivity contribution in [2.75, 3.05) is 13.7 Å². The van der Waals surface area contributed by atoms with Crippen LogP contribution in [0.5, 0.6) is 0 Å². The van der Waals surface area contributed by atoms with Gasteiger partial charge in [0, 0.05) is 20.1 Å². The number of methoxy groups -OCH3 is 1. The summed E-state index contributed by atoms with van der Waals surface area (Å²) in [6, 6.07) is 1.80. The summed E-state index contributed by atoms with van der Waals surface area (Å²) < 4.78 is 9.20. The Labute approximate surface area is 137 Å². The maximum atomic E-state index is 12.8. The number of aliphatic imine (C=N–C) groups is 1. The third-order valence-corrected chi connectivity index (χ3v) is 6.38. The molecule has 1 amide bonds. The summed E-state index contributed by atoms with van der Waals surface area (Å²) in [6.45, 7) is 0.619. The first kappa shape index (κ1) is 13.6. The van der Waals surface area contributed by atoms with Crippen molar-refractivity contribution in [2.24, 2.45) is 10.7 Å². The van der Waals surface area contributed by atoms with E-state index < -0.39 is 11.5 Å². The van der Waals surface area contributed by atoms with Gasteiger partial charge < -0.3 is 15.8 Å². The number of nitrogens with zero attached hydrogens (tertiary/aromatic N) is 3. The van der Waals surface area contributed by atoms with Crippen molar-refractivity contribution in [3.63, 3.8) is 0 Å². The lowest BCUT2D eigenvalue weighted by molar-refractivity contribution is -0.177. The highest BCUT2D eigenvalue weighted by Crippen LogP contribution is 2.53. The van der Waals surface area contributed by atoms with Gasteiger partial charge in [0.1, 0.15) is 10.3 Å². The first-order valence-electron chi connectivity index (χ1n) is 6.55. The molecule has 1 spiro atoms. The zero-order chi connectivity index (χ0) is 15.0. The lowest BCUT2D eigenvalue weighted by Gasteiger charge is -2.49. The lowest BCUT2D eigenvalue weighted by Crippen LogP contribution is -2.68. The van der Waals surface area contributed by atoms with Crippen LogP contribution in [0.4, 0.5) is 0 Å². The fraction of sp³-hybridized carbons (Fsp3) is 0.500. The minimum Gasteiger partial charge on any atom is -0.370 e. The van der Waals surface area contributed by atoms with E-state index in [1.54, 1.807) is 18.1 Å². The normalized spacial score (nSPS) is 33.4. The number of piperidine rings is 1. The van der Waals surface area contributed by atoms with Crippen LogP contribution in [0.3, 0.4) is 0 Å². The third-order valence-electron chi connectivity index (χ3n) is 4.46. The molecule has 4 heterocycles. The SMILES string of the molecule is CO[C@@]12CCCN3C(=O)c4cc(Br)c(Br)n4[C@]31N=C(N)N2. The van der Waals surface area contributed by atoms with Gasteiger partial charge in [-0.2, -0.15) is 4.99 Å². The van der Waals surface area contributed by atoms with Gasteiger partial charge in [0.2, 0.25) is 5.72 Å². The van der Waals surface area contributed by atoms with Crippen LogP contribution in [0, 0.1) is 0 Å². The van der Waals surface area contributed by atoms with E-state index >= 15 is 0 Å². The van der Waals surface area contributed by atoms with E-state index in [0.717, 1.165) is 15.5 Å². The van der Waals surface area contributed by atoms with Crippen molar-refractivity contribution in [1.29, 1.82) is 0 Å². The molecule has 0 radical (unpaired) electrons. The van der Waals surface area contributed by atoms with Crippen molar-refractivity contribution in [3.05, 3.63) is 20.8 Å². The smallest absolute Gasteiger partial charge is 0.274 e. The molecule has 2 atom stereocenters. The maximum Gasteiger partial charge on any atom is 0.274 e. The zero-order valence-electron chi connectivity index (χ0n) is 11.2. The number of rotatable bonds is 1. The van der Waals surface area contributed by atoms with E-state index in [4.69, 9.17) is 10.5 Å². The van der Waals surface area contributed by atoms with E-state index in [1.165, 1.54) is 0 Å². The summed E-state index contributed by atoms with van der Waals surface area (Å²) in [5.74, 6) is -0.801. The summed E-state index contributed by atoms with van der Waals surface area (Å²) in [5, 5.41) is 3.13. The lowest BCUT2D eigenvalue weighted by atomic mass is 9.93. The predicted molar refractivity (Wildman–Crippen MR) is 82.6 cm³/mol. The highest BCUT2D eigenvalue weighted by Gasteiger charge is 2.69. The van der Waals surface area contributed by atoms with Crippen LogP contribution in [0.1, 0.15) is 23.3 Å². The minimum atomic E-state index is -1.01. The number of ether oxygens (including phenoxy) is 1. The van der Waals surface area contributed by atoms with Gasteiger partial charge in [-0.05, 0) is 44.3 Å². The number of guanidine groups is 1. The molecular formula is C12H13Br2N5O2. The first-order valence-corrected chi connectivity index (χ1v) is 8.13. The molecule has 0 saturated carbocycles. The minimum absolute atomic E-state index is 0.0669. The summed E-state index contributed by atoms with van der Waals surface area (Å²) in [4.78, 5) is 19.1. The number of amides is 1. The fourth-order valence-corrected chi connectivity index (χ4v) is 4.62. The summed E-state index contributed by atoms with van der Waals surface area (Å²) in [6.07, 6.45) is 1.53. The molecule has 1 fully saturated rings. The van der Waals surface area contributed by atoms with Crippen LogP contribution in [-0.2, 0) is 10.5 Å². The average Bonchev–Trinajstić information content (AvgIpc) is 3.00. The van der Waals surface area contributed by atoms with Crippen LogP contribution >= 0.6 is 31.9 Å². The Hall–Kier alpha value is -1.06. The molecule has 9 heteroatoms. The van der Waals surface area contributed by atoms with Gasteiger partial charge >= 0.3 is 0 Å². The predicted octanol–water partition coefficient (Wildman–Crippen LogP) is 1.13. The number of aromatic nitrogens is 1. The van der Waals surface area contributed by atoms with E-state index in [0.29, 0.717) is 18.7 Å². The summed E-state index contributed by atoms with van der Waals surface area (Å²) >= 11 is 6.99. The molecule has 3 N–H and O–H groups in total.